The minimum Gasteiger partial charge on any atom is -0.392 e. The lowest BCUT2D eigenvalue weighted by molar-refractivity contribution is 0.341. The Morgan fingerprint density at radius 1 is 1.17 bits per heavy atom. The first-order chi connectivity index (χ1) is 5.16. The lowest BCUT2D eigenvalue weighted by atomic mass is 10.1. The molecule has 0 saturated heterocycles. The van der Waals surface area contributed by atoms with Crippen molar-refractivity contribution in [2.24, 2.45) is 0 Å². The van der Waals surface area contributed by atoms with Crippen molar-refractivity contribution in [3.05, 3.63) is 23.3 Å². The third-order valence-corrected chi connectivity index (χ3v) is 1.53. The van der Waals surface area contributed by atoms with Gasteiger partial charge in [0.15, 0.2) is 0 Å². The molecule has 0 radical (unpaired) electrons. The highest BCUT2D eigenvalue weighted by Crippen LogP contribution is 2.05. The molecule has 0 aliphatic heterocycles. The largest absolute Gasteiger partial charge is 0.392 e. The fourth-order valence-electron chi connectivity index (χ4n) is 0.846. The summed E-state index contributed by atoms with van der Waals surface area (Å²) in [6, 6.07) is 0. The monoisotopic (exact) mass is 170 g/mol. The molecule has 0 aliphatic carbocycles. The number of aliphatic hydroxyl groups is 1. The Kier molecular flexibility index (Phi) is 9.95. The normalized spacial score (nSPS) is 10.5. The van der Waals surface area contributed by atoms with Crippen LogP contribution in [0.25, 0.3) is 0 Å². The number of hydrogen-bond donors (Lipinski definition) is 1. The Morgan fingerprint density at radius 2 is 1.75 bits per heavy atom. The SMILES string of the molecule is C.CC(C)=CCC/C(C)=C\CO. The van der Waals surface area contributed by atoms with E-state index >= 15 is 0 Å². The number of aliphatic hydroxyl groups excluding tert-OH is 1. The molecule has 0 atom stereocenters. The second-order valence-corrected chi connectivity index (χ2v) is 3.05. The van der Waals surface area contributed by atoms with E-state index in [1.807, 2.05) is 6.08 Å². The Balaban J connectivity index is 0. The van der Waals surface area contributed by atoms with E-state index in [-0.39, 0.29) is 14.0 Å². The van der Waals surface area contributed by atoms with E-state index in [0.717, 1.165) is 12.8 Å². The molecule has 72 valence electrons. The van der Waals surface area contributed by atoms with Crippen LogP contribution >= 0.6 is 0 Å². The van der Waals surface area contributed by atoms with Gasteiger partial charge >= 0.3 is 0 Å². The van der Waals surface area contributed by atoms with Gasteiger partial charge in [-0.2, -0.15) is 0 Å². The summed E-state index contributed by atoms with van der Waals surface area (Å²) in [4.78, 5) is 0. The predicted molar refractivity (Wildman–Crippen MR) is 56.2 cm³/mol. The molecule has 12 heavy (non-hydrogen) atoms. The first-order valence-electron chi connectivity index (χ1n) is 4.06. The highest BCUT2D eigenvalue weighted by molar-refractivity contribution is 5.01. The van der Waals surface area contributed by atoms with Crippen molar-refractivity contribution in [2.75, 3.05) is 6.61 Å². The van der Waals surface area contributed by atoms with Crippen LogP contribution in [0.5, 0.6) is 0 Å². The fraction of sp³-hybridized carbons (Fsp3) is 0.636. The van der Waals surface area contributed by atoms with Crippen LogP contribution in [0.1, 0.15) is 41.0 Å². The topological polar surface area (TPSA) is 20.2 Å². The highest BCUT2D eigenvalue weighted by atomic mass is 16.2. The van der Waals surface area contributed by atoms with Crippen LogP contribution in [0.3, 0.4) is 0 Å². The van der Waals surface area contributed by atoms with E-state index in [1.54, 1.807) is 0 Å². The van der Waals surface area contributed by atoms with Crippen LogP contribution in [0.15, 0.2) is 23.3 Å². The first-order valence-corrected chi connectivity index (χ1v) is 4.06. The highest BCUT2D eigenvalue weighted by Gasteiger charge is 1.86. The first kappa shape index (κ1) is 14.0. The van der Waals surface area contributed by atoms with E-state index in [9.17, 15) is 0 Å². The minimum atomic E-state index is 0. The van der Waals surface area contributed by atoms with Gasteiger partial charge in [0.25, 0.3) is 0 Å². The zero-order valence-corrected chi connectivity index (χ0v) is 7.72. The van der Waals surface area contributed by atoms with Gasteiger partial charge < -0.3 is 5.11 Å². The molecule has 1 N–H and O–H groups in total. The Bertz CT molecular complexity index is 150. The number of rotatable bonds is 4. The molecular formula is C11H22O. The Labute approximate surface area is 76.8 Å². The summed E-state index contributed by atoms with van der Waals surface area (Å²) in [6.45, 7) is 6.42. The van der Waals surface area contributed by atoms with Crippen molar-refractivity contribution in [3.8, 4) is 0 Å². The van der Waals surface area contributed by atoms with Gasteiger partial charge in [0.05, 0.1) is 6.61 Å². The maximum atomic E-state index is 8.55. The van der Waals surface area contributed by atoms with Gasteiger partial charge in [0.1, 0.15) is 0 Å². The molecule has 0 amide bonds. The Hall–Kier alpha value is -0.560. The van der Waals surface area contributed by atoms with Gasteiger partial charge in [-0.1, -0.05) is 30.7 Å². The van der Waals surface area contributed by atoms with Crippen molar-refractivity contribution in [1.29, 1.82) is 0 Å². The van der Waals surface area contributed by atoms with Crippen molar-refractivity contribution in [2.45, 2.75) is 41.0 Å². The van der Waals surface area contributed by atoms with Crippen LogP contribution in [0.2, 0.25) is 0 Å². The van der Waals surface area contributed by atoms with Gasteiger partial charge in [0.2, 0.25) is 0 Å². The molecule has 0 unspecified atom stereocenters. The standard InChI is InChI=1S/C10H18O.CH4/c1-9(2)5-4-6-10(3)7-8-11;/h5,7,11H,4,6,8H2,1-3H3;1H4/b10-7-;. The molecule has 0 aromatic rings. The molecular weight excluding hydrogens is 148 g/mol. The van der Waals surface area contributed by atoms with Crippen LogP contribution in [-0.4, -0.2) is 11.7 Å². The van der Waals surface area contributed by atoms with E-state index in [4.69, 9.17) is 5.11 Å². The zero-order chi connectivity index (χ0) is 8.69. The van der Waals surface area contributed by atoms with Gasteiger partial charge in [-0.15, -0.1) is 0 Å². The lowest BCUT2D eigenvalue weighted by Crippen LogP contribution is -1.80. The molecule has 0 aliphatic rings. The average molecular weight is 170 g/mol. The van der Waals surface area contributed by atoms with Gasteiger partial charge in [-0.25, -0.2) is 0 Å². The van der Waals surface area contributed by atoms with Crippen LogP contribution in [0.4, 0.5) is 0 Å². The summed E-state index contributed by atoms with van der Waals surface area (Å²) < 4.78 is 0. The molecule has 0 rings (SSSR count). The van der Waals surface area contributed by atoms with Gasteiger partial charge in [-0.3, -0.25) is 0 Å². The van der Waals surface area contributed by atoms with E-state index in [2.05, 4.69) is 26.8 Å². The summed E-state index contributed by atoms with van der Waals surface area (Å²) in [7, 11) is 0. The summed E-state index contributed by atoms with van der Waals surface area (Å²) in [5.74, 6) is 0. The Morgan fingerprint density at radius 3 is 2.17 bits per heavy atom. The van der Waals surface area contributed by atoms with Crippen LogP contribution < -0.4 is 0 Å². The maximum Gasteiger partial charge on any atom is 0.0614 e. The summed E-state index contributed by atoms with van der Waals surface area (Å²) >= 11 is 0. The minimum absolute atomic E-state index is 0. The third-order valence-electron chi connectivity index (χ3n) is 1.53. The van der Waals surface area contributed by atoms with Gasteiger partial charge in [-0.05, 0) is 33.6 Å². The van der Waals surface area contributed by atoms with E-state index in [0.29, 0.717) is 0 Å². The number of hydrogen-bond acceptors (Lipinski definition) is 1. The molecule has 0 fully saturated rings. The molecule has 0 aromatic heterocycles. The number of allylic oxidation sites excluding steroid dienone is 3. The van der Waals surface area contributed by atoms with Crippen LogP contribution in [-0.2, 0) is 0 Å². The summed E-state index contributed by atoms with van der Waals surface area (Å²) in [5, 5.41) is 8.55. The molecule has 1 heteroatoms. The second kappa shape index (κ2) is 8.54. The second-order valence-electron chi connectivity index (χ2n) is 3.05. The average Bonchev–Trinajstić information content (AvgIpc) is 1.87. The van der Waals surface area contributed by atoms with Crippen molar-refractivity contribution < 1.29 is 5.11 Å². The third kappa shape index (κ3) is 9.44. The van der Waals surface area contributed by atoms with E-state index in [1.165, 1.54) is 11.1 Å². The van der Waals surface area contributed by atoms with Gasteiger partial charge in [0, 0.05) is 0 Å². The maximum absolute atomic E-state index is 8.55. The van der Waals surface area contributed by atoms with Crippen molar-refractivity contribution >= 4 is 0 Å². The quantitative estimate of drug-likeness (QED) is 0.642. The van der Waals surface area contributed by atoms with E-state index < -0.39 is 0 Å². The molecule has 0 spiro atoms. The predicted octanol–water partition coefficient (Wildman–Crippen LogP) is 3.31. The molecule has 0 aromatic carbocycles. The van der Waals surface area contributed by atoms with Crippen LogP contribution in [0, 0.1) is 0 Å². The fourth-order valence-corrected chi connectivity index (χ4v) is 0.846. The lowest BCUT2D eigenvalue weighted by Gasteiger charge is -1.96. The molecule has 0 bridgehead atoms. The smallest absolute Gasteiger partial charge is 0.0614 e. The van der Waals surface area contributed by atoms with Crippen molar-refractivity contribution in [3.63, 3.8) is 0 Å². The zero-order valence-electron chi connectivity index (χ0n) is 7.72. The molecule has 1 nitrogen and oxygen atoms in total. The summed E-state index contributed by atoms with van der Waals surface area (Å²) in [5.41, 5.74) is 2.63. The summed E-state index contributed by atoms with van der Waals surface area (Å²) in [6.07, 6.45) is 6.23. The van der Waals surface area contributed by atoms with Crippen molar-refractivity contribution in [1.82, 2.24) is 0 Å². The molecule has 0 saturated carbocycles. The molecule has 0 heterocycles.